The van der Waals surface area contributed by atoms with Gasteiger partial charge in [-0.2, -0.15) is 0 Å². The number of rotatable bonds is 3. The van der Waals surface area contributed by atoms with Crippen LogP contribution in [0.15, 0.2) is 65.4 Å². The van der Waals surface area contributed by atoms with E-state index in [0.717, 1.165) is 26.4 Å². The van der Waals surface area contributed by atoms with E-state index in [1.54, 1.807) is 6.20 Å². The van der Waals surface area contributed by atoms with Crippen molar-refractivity contribution in [1.29, 1.82) is 0 Å². The summed E-state index contributed by atoms with van der Waals surface area (Å²) >= 11 is 3.42. The molecule has 1 N–H and O–H groups in total. The Morgan fingerprint density at radius 2 is 1.85 bits per heavy atom. The third kappa shape index (κ3) is 2.74. The van der Waals surface area contributed by atoms with Gasteiger partial charge in [0, 0.05) is 28.7 Å². The zero-order valence-electron chi connectivity index (χ0n) is 10.8. The second-order valence-corrected chi connectivity index (χ2v) is 5.71. The van der Waals surface area contributed by atoms with Gasteiger partial charge in [-0.3, -0.25) is 4.98 Å². The van der Waals surface area contributed by atoms with E-state index in [1.165, 1.54) is 0 Å². The third-order valence-corrected chi connectivity index (χ3v) is 3.95. The van der Waals surface area contributed by atoms with Crippen LogP contribution in [0.3, 0.4) is 0 Å². The van der Waals surface area contributed by atoms with Crippen molar-refractivity contribution in [3.8, 4) is 0 Å². The minimum Gasteiger partial charge on any atom is -0.388 e. The molecule has 0 amide bonds. The first-order valence-corrected chi connectivity index (χ1v) is 7.28. The van der Waals surface area contributed by atoms with E-state index in [2.05, 4.69) is 20.9 Å². The SMILES string of the molecule is OC(Cc1ccc(Br)cc1)c1cccc2ccncc12. The lowest BCUT2D eigenvalue weighted by Crippen LogP contribution is -2.02. The van der Waals surface area contributed by atoms with Gasteiger partial charge in [-0.1, -0.05) is 46.3 Å². The number of halogens is 1. The molecular formula is C17H14BrNO. The first kappa shape index (κ1) is 13.3. The summed E-state index contributed by atoms with van der Waals surface area (Å²) in [6, 6.07) is 16.0. The maximum Gasteiger partial charge on any atom is 0.0836 e. The third-order valence-electron chi connectivity index (χ3n) is 3.42. The fourth-order valence-electron chi connectivity index (χ4n) is 2.38. The molecule has 3 rings (SSSR count). The molecule has 100 valence electrons. The Morgan fingerprint density at radius 1 is 1.05 bits per heavy atom. The summed E-state index contributed by atoms with van der Waals surface area (Å²) < 4.78 is 1.05. The number of pyridine rings is 1. The highest BCUT2D eigenvalue weighted by molar-refractivity contribution is 9.10. The van der Waals surface area contributed by atoms with Gasteiger partial charge in [0.15, 0.2) is 0 Å². The van der Waals surface area contributed by atoms with E-state index in [1.807, 2.05) is 54.7 Å². The quantitative estimate of drug-likeness (QED) is 0.779. The van der Waals surface area contributed by atoms with Crippen molar-refractivity contribution < 1.29 is 5.11 Å². The fourth-order valence-corrected chi connectivity index (χ4v) is 2.65. The van der Waals surface area contributed by atoms with Crippen LogP contribution in [0.25, 0.3) is 10.8 Å². The van der Waals surface area contributed by atoms with Crippen molar-refractivity contribution in [3.05, 3.63) is 76.5 Å². The van der Waals surface area contributed by atoms with Crippen LogP contribution in [0, 0.1) is 0 Å². The lowest BCUT2D eigenvalue weighted by atomic mass is 9.97. The highest BCUT2D eigenvalue weighted by Gasteiger charge is 2.12. The zero-order chi connectivity index (χ0) is 13.9. The molecule has 1 heterocycles. The Hall–Kier alpha value is -1.71. The van der Waals surface area contributed by atoms with Crippen LogP contribution < -0.4 is 0 Å². The fraction of sp³-hybridized carbons (Fsp3) is 0.118. The molecule has 20 heavy (non-hydrogen) atoms. The first-order valence-electron chi connectivity index (χ1n) is 6.49. The molecular weight excluding hydrogens is 314 g/mol. The maximum atomic E-state index is 10.5. The maximum absolute atomic E-state index is 10.5. The molecule has 0 aliphatic carbocycles. The zero-order valence-corrected chi connectivity index (χ0v) is 12.4. The predicted molar refractivity (Wildman–Crippen MR) is 84.5 cm³/mol. The average molecular weight is 328 g/mol. The van der Waals surface area contributed by atoms with E-state index in [-0.39, 0.29) is 0 Å². The lowest BCUT2D eigenvalue weighted by molar-refractivity contribution is 0.180. The van der Waals surface area contributed by atoms with Crippen LogP contribution in [0.1, 0.15) is 17.2 Å². The molecule has 1 unspecified atom stereocenters. The Bertz CT molecular complexity index is 719. The van der Waals surface area contributed by atoms with Crippen molar-refractivity contribution in [3.63, 3.8) is 0 Å². The molecule has 3 aromatic rings. The lowest BCUT2D eigenvalue weighted by Gasteiger charge is -2.13. The Labute approximate surface area is 126 Å². The molecule has 2 aromatic carbocycles. The van der Waals surface area contributed by atoms with Crippen LogP contribution in [0.2, 0.25) is 0 Å². The molecule has 0 saturated carbocycles. The van der Waals surface area contributed by atoms with E-state index in [0.29, 0.717) is 6.42 Å². The van der Waals surface area contributed by atoms with Gasteiger partial charge in [-0.15, -0.1) is 0 Å². The van der Waals surface area contributed by atoms with E-state index in [9.17, 15) is 5.11 Å². The number of nitrogens with zero attached hydrogens (tertiary/aromatic N) is 1. The number of aliphatic hydroxyl groups excluding tert-OH is 1. The predicted octanol–water partition coefficient (Wildman–Crippen LogP) is 4.27. The summed E-state index contributed by atoms with van der Waals surface area (Å²) in [5.41, 5.74) is 2.04. The summed E-state index contributed by atoms with van der Waals surface area (Å²) in [5, 5.41) is 12.6. The van der Waals surface area contributed by atoms with Crippen LogP contribution in [0.5, 0.6) is 0 Å². The molecule has 0 saturated heterocycles. The summed E-state index contributed by atoms with van der Waals surface area (Å²) in [5.74, 6) is 0. The number of aliphatic hydroxyl groups is 1. The highest BCUT2D eigenvalue weighted by Crippen LogP contribution is 2.26. The van der Waals surface area contributed by atoms with Gasteiger partial charge < -0.3 is 5.11 Å². The molecule has 0 bridgehead atoms. The summed E-state index contributed by atoms with van der Waals surface area (Å²) in [6.07, 6.45) is 3.66. The van der Waals surface area contributed by atoms with Crippen molar-refractivity contribution >= 4 is 26.7 Å². The van der Waals surface area contributed by atoms with Crippen LogP contribution in [-0.4, -0.2) is 10.1 Å². The van der Waals surface area contributed by atoms with Crippen molar-refractivity contribution in [2.24, 2.45) is 0 Å². The standard InChI is InChI=1S/C17H14BrNO/c18-14-6-4-12(5-7-14)10-17(20)15-3-1-2-13-8-9-19-11-16(13)15/h1-9,11,17,20H,10H2. The van der Waals surface area contributed by atoms with Gasteiger partial charge in [-0.05, 0) is 34.7 Å². The number of hydrogen-bond acceptors (Lipinski definition) is 2. The smallest absolute Gasteiger partial charge is 0.0836 e. The van der Waals surface area contributed by atoms with E-state index < -0.39 is 6.10 Å². The minimum atomic E-state index is -0.524. The Kier molecular flexibility index (Phi) is 3.81. The largest absolute Gasteiger partial charge is 0.388 e. The molecule has 0 aliphatic heterocycles. The van der Waals surface area contributed by atoms with Crippen molar-refractivity contribution in [2.75, 3.05) is 0 Å². The van der Waals surface area contributed by atoms with Gasteiger partial charge in [0.1, 0.15) is 0 Å². The van der Waals surface area contributed by atoms with Crippen molar-refractivity contribution in [1.82, 2.24) is 4.98 Å². The van der Waals surface area contributed by atoms with Gasteiger partial charge in [0.2, 0.25) is 0 Å². The van der Waals surface area contributed by atoms with Crippen molar-refractivity contribution in [2.45, 2.75) is 12.5 Å². The van der Waals surface area contributed by atoms with Gasteiger partial charge in [0.05, 0.1) is 6.10 Å². The second kappa shape index (κ2) is 5.73. The topological polar surface area (TPSA) is 33.1 Å². The minimum absolute atomic E-state index is 0.524. The van der Waals surface area contributed by atoms with Crippen LogP contribution >= 0.6 is 15.9 Å². The molecule has 0 fully saturated rings. The molecule has 3 heteroatoms. The Morgan fingerprint density at radius 3 is 2.65 bits per heavy atom. The molecule has 0 radical (unpaired) electrons. The number of fused-ring (bicyclic) bond motifs is 1. The molecule has 1 aromatic heterocycles. The highest BCUT2D eigenvalue weighted by atomic mass is 79.9. The molecule has 2 nitrogen and oxygen atoms in total. The normalized spacial score (nSPS) is 12.5. The van der Waals surface area contributed by atoms with Gasteiger partial charge >= 0.3 is 0 Å². The van der Waals surface area contributed by atoms with Gasteiger partial charge in [-0.25, -0.2) is 0 Å². The first-order chi connectivity index (χ1) is 9.74. The van der Waals surface area contributed by atoms with E-state index in [4.69, 9.17) is 0 Å². The number of hydrogen-bond donors (Lipinski definition) is 1. The Balaban J connectivity index is 1.92. The molecule has 1 atom stereocenters. The summed E-state index contributed by atoms with van der Waals surface area (Å²) in [6.45, 7) is 0. The van der Waals surface area contributed by atoms with Gasteiger partial charge in [0.25, 0.3) is 0 Å². The second-order valence-electron chi connectivity index (χ2n) is 4.79. The van der Waals surface area contributed by atoms with Crippen LogP contribution in [-0.2, 0) is 6.42 Å². The monoisotopic (exact) mass is 327 g/mol. The molecule has 0 spiro atoms. The average Bonchev–Trinajstić information content (AvgIpc) is 2.49. The molecule has 0 aliphatic rings. The van der Waals surface area contributed by atoms with Crippen LogP contribution in [0.4, 0.5) is 0 Å². The number of benzene rings is 2. The summed E-state index contributed by atoms with van der Waals surface area (Å²) in [4.78, 5) is 4.16. The summed E-state index contributed by atoms with van der Waals surface area (Å²) in [7, 11) is 0. The number of aromatic nitrogens is 1. The van der Waals surface area contributed by atoms with E-state index >= 15 is 0 Å².